The Labute approximate surface area is 192 Å². The number of guanidine groups is 1. The van der Waals surface area contributed by atoms with Crippen LogP contribution in [0.1, 0.15) is 13.8 Å². The SMILES string of the molecule is CN=C(NCCOCCS(C)(=O)=O)N1CCN(S(=O)(=O)CCOC(C)C)CC1.I. The topological polar surface area (TPSA) is 118 Å². The summed E-state index contributed by atoms with van der Waals surface area (Å²) >= 11 is 0. The van der Waals surface area contributed by atoms with E-state index in [0.29, 0.717) is 45.3 Å². The zero-order chi connectivity index (χ0) is 21.2. The van der Waals surface area contributed by atoms with E-state index in [0.717, 1.165) is 0 Å². The predicted octanol–water partition coefficient (Wildman–Crippen LogP) is -0.387. The maximum Gasteiger partial charge on any atom is 0.216 e. The highest BCUT2D eigenvalue weighted by atomic mass is 127. The Bertz CT molecular complexity index is 692. The van der Waals surface area contributed by atoms with Gasteiger partial charge >= 0.3 is 0 Å². The third-order valence-corrected chi connectivity index (χ3v) is 6.81. The van der Waals surface area contributed by atoms with Crippen LogP contribution in [0.2, 0.25) is 0 Å². The molecule has 0 atom stereocenters. The Balaban J connectivity index is 0.00000784. The van der Waals surface area contributed by atoms with Crippen molar-refractivity contribution in [2.45, 2.75) is 20.0 Å². The molecular weight excluding hydrogens is 535 g/mol. The van der Waals surface area contributed by atoms with Gasteiger partial charge in [-0.05, 0) is 13.8 Å². The van der Waals surface area contributed by atoms with Crippen LogP contribution in [0.4, 0.5) is 0 Å². The normalized spacial score (nSPS) is 16.7. The number of rotatable bonds is 11. The lowest BCUT2D eigenvalue weighted by Crippen LogP contribution is -2.54. The van der Waals surface area contributed by atoms with E-state index < -0.39 is 19.9 Å². The molecule has 1 heterocycles. The number of ether oxygens (including phenoxy) is 2. The van der Waals surface area contributed by atoms with E-state index in [4.69, 9.17) is 9.47 Å². The van der Waals surface area contributed by atoms with Crippen LogP contribution in [0, 0.1) is 0 Å². The van der Waals surface area contributed by atoms with E-state index in [1.165, 1.54) is 10.6 Å². The minimum Gasteiger partial charge on any atom is -0.379 e. The summed E-state index contributed by atoms with van der Waals surface area (Å²) in [7, 11) is -4.67. The average Bonchev–Trinajstić information content (AvgIpc) is 2.60. The number of hydrogen-bond acceptors (Lipinski definition) is 7. The molecule has 0 radical (unpaired) electrons. The summed E-state index contributed by atoms with van der Waals surface area (Å²) < 4.78 is 59.0. The zero-order valence-corrected chi connectivity index (χ0v) is 21.6. The number of halogens is 1. The van der Waals surface area contributed by atoms with Crippen LogP contribution in [-0.2, 0) is 29.3 Å². The minimum atomic E-state index is -3.32. The molecule has 0 aromatic rings. The van der Waals surface area contributed by atoms with Gasteiger partial charge in [0.2, 0.25) is 10.0 Å². The van der Waals surface area contributed by atoms with Gasteiger partial charge in [-0.15, -0.1) is 24.0 Å². The molecule has 0 bridgehead atoms. The zero-order valence-electron chi connectivity index (χ0n) is 17.7. The van der Waals surface area contributed by atoms with Crippen LogP contribution in [0.3, 0.4) is 0 Å². The Morgan fingerprint density at radius 3 is 2.17 bits per heavy atom. The minimum absolute atomic E-state index is 0. The van der Waals surface area contributed by atoms with E-state index in [1.54, 1.807) is 7.05 Å². The molecule has 1 saturated heterocycles. The van der Waals surface area contributed by atoms with Gasteiger partial charge < -0.3 is 19.7 Å². The standard InChI is InChI=1S/C16H34N4O6S2.HI/c1-15(2)26-12-14-28(23,24)20-8-6-19(7-9-20)16(17-3)18-5-10-25-11-13-27(4,21)22;/h15H,5-14H2,1-4H3,(H,17,18);1H. The van der Waals surface area contributed by atoms with Crippen molar-refractivity contribution in [3.8, 4) is 0 Å². The highest BCUT2D eigenvalue weighted by Crippen LogP contribution is 2.09. The molecule has 174 valence electrons. The van der Waals surface area contributed by atoms with Crippen molar-refractivity contribution in [1.82, 2.24) is 14.5 Å². The highest BCUT2D eigenvalue weighted by Gasteiger charge is 2.27. The lowest BCUT2D eigenvalue weighted by atomic mass is 10.4. The van der Waals surface area contributed by atoms with Crippen LogP contribution in [0.25, 0.3) is 0 Å². The first kappa shape index (κ1) is 28.8. The fraction of sp³-hybridized carbons (Fsp3) is 0.938. The molecule has 29 heavy (non-hydrogen) atoms. The van der Waals surface area contributed by atoms with Crippen molar-refractivity contribution in [1.29, 1.82) is 0 Å². The number of hydrogen-bond donors (Lipinski definition) is 1. The molecule has 0 aliphatic carbocycles. The maximum absolute atomic E-state index is 12.4. The number of aliphatic imine (C=N–C) groups is 1. The van der Waals surface area contributed by atoms with Gasteiger partial charge in [0.15, 0.2) is 5.96 Å². The van der Waals surface area contributed by atoms with Crippen LogP contribution in [-0.4, -0.2) is 115 Å². The van der Waals surface area contributed by atoms with E-state index in [2.05, 4.69) is 10.3 Å². The van der Waals surface area contributed by atoms with Gasteiger partial charge in [-0.25, -0.2) is 16.8 Å². The van der Waals surface area contributed by atoms with Gasteiger partial charge in [0.1, 0.15) is 9.84 Å². The molecule has 1 aliphatic rings. The summed E-state index contributed by atoms with van der Waals surface area (Å²) in [5.41, 5.74) is 0. The maximum atomic E-state index is 12.4. The van der Waals surface area contributed by atoms with Crippen molar-refractivity contribution in [3.63, 3.8) is 0 Å². The van der Waals surface area contributed by atoms with E-state index >= 15 is 0 Å². The van der Waals surface area contributed by atoms with Crippen LogP contribution in [0.15, 0.2) is 4.99 Å². The first-order chi connectivity index (χ1) is 13.0. The first-order valence-electron chi connectivity index (χ1n) is 9.35. The fourth-order valence-electron chi connectivity index (χ4n) is 2.58. The highest BCUT2D eigenvalue weighted by molar-refractivity contribution is 14.0. The van der Waals surface area contributed by atoms with Crippen molar-refractivity contribution >= 4 is 49.8 Å². The summed E-state index contributed by atoms with van der Waals surface area (Å²) in [4.78, 5) is 6.21. The molecule has 13 heteroatoms. The van der Waals surface area contributed by atoms with E-state index in [9.17, 15) is 16.8 Å². The molecule has 0 aromatic heterocycles. The largest absolute Gasteiger partial charge is 0.379 e. The second-order valence-corrected chi connectivity index (χ2v) is 11.2. The first-order valence-corrected chi connectivity index (χ1v) is 13.0. The number of sulfonamides is 1. The second kappa shape index (κ2) is 14.0. The van der Waals surface area contributed by atoms with Gasteiger partial charge in [-0.2, -0.15) is 4.31 Å². The molecule has 1 aliphatic heterocycles. The van der Waals surface area contributed by atoms with Gasteiger partial charge in [-0.1, -0.05) is 0 Å². The van der Waals surface area contributed by atoms with Gasteiger partial charge in [0, 0.05) is 46.0 Å². The molecule has 0 aromatic carbocycles. The lowest BCUT2D eigenvalue weighted by molar-refractivity contribution is 0.0904. The Morgan fingerprint density at radius 1 is 1.03 bits per heavy atom. The van der Waals surface area contributed by atoms with Crippen molar-refractivity contribution in [3.05, 3.63) is 0 Å². The quantitative estimate of drug-likeness (QED) is 0.155. The number of nitrogens with one attached hydrogen (secondary N) is 1. The van der Waals surface area contributed by atoms with Crippen molar-refractivity contribution in [2.24, 2.45) is 4.99 Å². The summed E-state index contributed by atoms with van der Waals surface area (Å²) in [5.74, 6) is 0.662. The van der Waals surface area contributed by atoms with Crippen LogP contribution in [0.5, 0.6) is 0 Å². The Kier molecular flexibility index (Phi) is 13.9. The molecular formula is C16H35IN4O6S2. The number of nitrogens with zero attached hydrogens (tertiary/aromatic N) is 3. The smallest absolute Gasteiger partial charge is 0.216 e. The monoisotopic (exact) mass is 570 g/mol. The third-order valence-electron chi connectivity index (χ3n) is 4.06. The van der Waals surface area contributed by atoms with E-state index in [1.807, 2.05) is 18.7 Å². The Morgan fingerprint density at radius 2 is 1.66 bits per heavy atom. The summed E-state index contributed by atoms with van der Waals surface area (Å²) in [6, 6.07) is 0. The molecule has 0 amide bonds. The predicted molar refractivity (Wildman–Crippen MR) is 125 cm³/mol. The summed E-state index contributed by atoms with van der Waals surface area (Å²) in [6.07, 6.45) is 1.19. The summed E-state index contributed by atoms with van der Waals surface area (Å²) in [6.45, 7) is 6.84. The molecule has 1 rings (SSSR count). The molecule has 1 fully saturated rings. The van der Waals surface area contributed by atoms with Crippen molar-refractivity contribution < 1.29 is 26.3 Å². The van der Waals surface area contributed by atoms with Gasteiger partial charge in [-0.3, -0.25) is 4.99 Å². The van der Waals surface area contributed by atoms with Crippen LogP contribution < -0.4 is 5.32 Å². The van der Waals surface area contributed by atoms with E-state index in [-0.39, 0.29) is 54.8 Å². The second-order valence-electron chi connectivity index (χ2n) is 6.84. The van der Waals surface area contributed by atoms with Crippen LogP contribution >= 0.6 is 24.0 Å². The molecule has 10 nitrogen and oxygen atoms in total. The molecule has 0 saturated carbocycles. The molecule has 0 unspecified atom stereocenters. The van der Waals surface area contributed by atoms with Gasteiger partial charge in [0.05, 0.1) is 37.4 Å². The molecule has 0 spiro atoms. The number of piperazine rings is 1. The molecule has 1 N–H and O–H groups in total. The number of sulfone groups is 1. The fourth-order valence-corrected chi connectivity index (χ4v) is 4.28. The van der Waals surface area contributed by atoms with Crippen molar-refractivity contribution in [2.75, 3.05) is 77.4 Å². The summed E-state index contributed by atoms with van der Waals surface area (Å²) in [5, 5.41) is 3.15. The Hall–Kier alpha value is -0.220. The average molecular weight is 571 g/mol. The third kappa shape index (κ3) is 12.3. The van der Waals surface area contributed by atoms with Gasteiger partial charge in [0.25, 0.3) is 0 Å². The lowest BCUT2D eigenvalue weighted by Gasteiger charge is -2.35.